The Balaban J connectivity index is 2.28. The third-order valence-corrected chi connectivity index (χ3v) is 4.21. The molecule has 0 radical (unpaired) electrons. The van der Waals surface area contributed by atoms with E-state index in [0.29, 0.717) is 22.6 Å². The molecule has 28 heavy (non-hydrogen) atoms. The molecule has 1 aliphatic heterocycles. The molecule has 2 N–H and O–H groups in total. The number of nitriles is 1. The number of ether oxygens (including phenoxy) is 3. The summed E-state index contributed by atoms with van der Waals surface area (Å²) in [6.45, 7) is 7.66. The molecule has 0 saturated carbocycles. The molecule has 0 amide bonds. The van der Waals surface area contributed by atoms with Crippen molar-refractivity contribution in [1.29, 1.82) is 5.26 Å². The zero-order chi connectivity index (χ0) is 20.7. The van der Waals surface area contributed by atoms with Gasteiger partial charge in [0.1, 0.15) is 35.8 Å². The lowest BCUT2D eigenvalue weighted by Crippen LogP contribution is -2.51. The number of hydrogen-bond acceptors (Lipinski definition) is 7. The Kier molecular flexibility index (Phi) is 7.24. The van der Waals surface area contributed by atoms with Crippen LogP contribution in [0.2, 0.25) is 0 Å². The van der Waals surface area contributed by atoms with Crippen LogP contribution in [0.5, 0.6) is 5.75 Å². The second-order valence-electron chi connectivity index (χ2n) is 7.27. The fourth-order valence-corrected chi connectivity index (χ4v) is 2.90. The number of nitrogens with zero attached hydrogens (tertiary/aromatic N) is 1. The summed E-state index contributed by atoms with van der Waals surface area (Å²) in [5, 5.41) is 23.2. The van der Waals surface area contributed by atoms with Crippen molar-refractivity contribution in [2.45, 2.75) is 51.5 Å². The molecule has 1 aromatic carbocycles. The number of carbonyl (C=O) groups excluding carboxylic acids is 1. The summed E-state index contributed by atoms with van der Waals surface area (Å²) in [5.74, 6) is 2.78. The Morgan fingerprint density at radius 2 is 2.21 bits per heavy atom. The van der Waals surface area contributed by atoms with Gasteiger partial charge in [0.15, 0.2) is 0 Å². The van der Waals surface area contributed by atoms with Crippen LogP contribution in [-0.4, -0.2) is 42.1 Å². The van der Waals surface area contributed by atoms with Gasteiger partial charge in [0.2, 0.25) is 0 Å². The van der Waals surface area contributed by atoms with E-state index in [2.05, 4.69) is 11.4 Å². The van der Waals surface area contributed by atoms with E-state index >= 15 is 0 Å². The van der Waals surface area contributed by atoms with Crippen LogP contribution in [0.1, 0.15) is 44.9 Å². The average molecular weight is 386 g/mol. The fraction of sp³-hybridized carbons (Fsp3) is 0.476. The molecule has 0 bridgehead atoms. The number of aliphatic hydroxyl groups is 1. The van der Waals surface area contributed by atoms with Crippen molar-refractivity contribution in [3.8, 4) is 11.8 Å². The van der Waals surface area contributed by atoms with Crippen molar-refractivity contribution < 1.29 is 24.1 Å². The molecule has 2 rings (SSSR count). The third kappa shape index (κ3) is 5.37. The summed E-state index contributed by atoms with van der Waals surface area (Å²) < 4.78 is 17.0. The number of benzene rings is 1. The highest BCUT2D eigenvalue weighted by Crippen LogP contribution is 2.40. The second kappa shape index (κ2) is 9.43. The third-order valence-electron chi connectivity index (χ3n) is 4.21. The van der Waals surface area contributed by atoms with Crippen LogP contribution in [-0.2, 0) is 14.3 Å². The predicted octanol–water partition coefficient (Wildman–Crippen LogP) is 2.39. The first-order valence-corrected chi connectivity index (χ1v) is 9.08. The van der Waals surface area contributed by atoms with Crippen molar-refractivity contribution in [2.24, 2.45) is 0 Å². The largest absolute Gasteiger partial charge is 0.491 e. The Morgan fingerprint density at radius 1 is 1.46 bits per heavy atom. The van der Waals surface area contributed by atoms with Crippen LogP contribution < -0.4 is 10.1 Å². The van der Waals surface area contributed by atoms with E-state index in [4.69, 9.17) is 14.2 Å². The lowest BCUT2D eigenvalue weighted by Gasteiger charge is -2.42. The monoisotopic (exact) mass is 386 g/mol. The van der Waals surface area contributed by atoms with Gasteiger partial charge in [-0.15, -0.1) is 0 Å². The van der Waals surface area contributed by atoms with Gasteiger partial charge >= 0.3 is 0 Å². The highest BCUT2D eigenvalue weighted by Gasteiger charge is 2.42. The topological polar surface area (TPSA) is 101 Å². The molecule has 0 spiro atoms. The van der Waals surface area contributed by atoms with Gasteiger partial charge in [0, 0.05) is 17.8 Å². The van der Waals surface area contributed by atoms with E-state index in [0.717, 1.165) is 0 Å². The molecule has 0 fully saturated rings. The second-order valence-corrected chi connectivity index (χ2v) is 7.27. The fourth-order valence-electron chi connectivity index (χ4n) is 2.90. The van der Waals surface area contributed by atoms with Gasteiger partial charge < -0.3 is 24.6 Å². The summed E-state index contributed by atoms with van der Waals surface area (Å²) in [6.07, 6.45) is 1.93. The minimum atomic E-state index is -0.871. The van der Waals surface area contributed by atoms with Gasteiger partial charge in [0.25, 0.3) is 0 Å². The van der Waals surface area contributed by atoms with E-state index in [-0.39, 0.29) is 19.3 Å². The number of nitrogens with one attached hydrogen (secondary N) is 1. The van der Waals surface area contributed by atoms with Crippen LogP contribution in [0, 0.1) is 11.3 Å². The quantitative estimate of drug-likeness (QED) is 0.402. The molecule has 1 aromatic rings. The predicted molar refractivity (Wildman–Crippen MR) is 103 cm³/mol. The Hall–Kier alpha value is -2.78. The maximum atomic E-state index is 10.8. The summed E-state index contributed by atoms with van der Waals surface area (Å²) in [6, 6.07) is 6.72. The highest BCUT2D eigenvalue weighted by molar-refractivity contribution is 5.46. The van der Waals surface area contributed by atoms with E-state index in [1.54, 1.807) is 44.2 Å². The first-order chi connectivity index (χ1) is 13.3. The van der Waals surface area contributed by atoms with Gasteiger partial charge in [0.05, 0.1) is 30.4 Å². The maximum Gasteiger partial charge on any atom is 0.138 e. The molecule has 0 unspecified atom stereocenters. The zero-order valence-corrected chi connectivity index (χ0v) is 16.6. The summed E-state index contributed by atoms with van der Waals surface area (Å²) in [5.41, 5.74) is 0.347. The normalized spacial score (nSPS) is 20.4. The van der Waals surface area contributed by atoms with E-state index in [1.165, 1.54) is 6.08 Å². The first-order valence-electron chi connectivity index (χ1n) is 9.08. The molecule has 0 aromatic heterocycles. The standard InChI is InChI=1S/C21H26N2O5/c1-14(2)27-16(13-26-9-5-8-24)12-23-19-17-10-15(11-22)6-7-18(17)28-21(3,4)20(19)25/h5-7,10,12,14,19-20,23,25H,9,13H2,1-4H3/t19-,20+/m1/s1. The van der Waals surface area contributed by atoms with Crippen molar-refractivity contribution in [2.75, 3.05) is 13.2 Å². The van der Waals surface area contributed by atoms with Gasteiger partial charge in [-0.2, -0.15) is 5.26 Å². The van der Waals surface area contributed by atoms with Gasteiger partial charge in [-0.25, -0.2) is 4.79 Å². The van der Waals surface area contributed by atoms with Crippen LogP contribution in [0.4, 0.5) is 0 Å². The molecule has 0 aliphatic carbocycles. The molecule has 0 saturated heterocycles. The maximum absolute atomic E-state index is 10.8. The minimum Gasteiger partial charge on any atom is -0.491 e. The lowest BCUT2D eigenvalue weighted by molar-refractivity contribution is -0.0624. The number of fused-ring (bicyclic) bond motifs is 1. The Morgan fingerprint density at radius 3 is 2.86 bits per heavy atom. The molecular weight excluding hydrogens is 360 g/mol. The SMILES string of the molecule is CC(C)OC(=CN[C@@H]1c2cc(C#N)ccc2OC(C)(C)[C@H]1O)COCC=C=O. The lowest BCUT2D eigenvalue weighted by atomic mass is 9.86. The summed E-state index contributed by atoms with van der Waals surface area (Å²) in [4.78, 5) is 10.2. The molecule has 2 atom stereocenters. The van der Waals surface area contributed by atoms with Gasteiger partial charge in [-0.05, 0) is 45.9 Å². The van der Waals surface area contributed by atoms with Gasteiger partial charge in [-0.3, -0.25) is 0 Å². The Bertz CT molecular complexity index is 804. The van der Waals surface area contributed by atoms with Crippen LogP contribution >= 0.6 is 0 Å². The van der Waals surface area contributed by atoms with Crippen LogP contribution in [0.25, 0.3) is 0 Å². The van der Waals surface area contributed by atoms with Crippen molar-refractivity contribution >= 4 is 5.94 Å². The molecule has 7 nitrogen and oxygen atoms in total. The molecule has 7 heteroatoms. The minimum absolute atomic E-state index is 0.0770. The summed E-state index contributed by atoms with van der Waals surface area (Å²) in [7, 11) is 0. The van der Waals surface area contributed by atoms with Crippen LogP contribution in [0.3, 0.4) is 0 Å². The molecule has 1 aliphatic rings. The smallest absolute Gasteiger partial charge is 0.138 e. The van der Waals surface area contributed by atoms with E-state index in [9.17, 15) is 15.2 Å². The summed E-state index contributed by atoms with van der Waals surface area (Å²) >= 11 is 0. The molecule has 150 valence electrons. The number of rotatable bonds is 8. The Labute approximate surface area is 165 Å². The van der Waals surface area contributed by atoms with E-state index in [1.807, 2.05) is 13.8 Å². The van der Waals surface area contributed by atoms with Gasteiger partial charge in [-0.1, -0.05) is 0 Å². The van der Waals surface area contributed by atoms with E-state index < -0.39 is 17.7 Å². The van der Waals surface area contributed by atoms with Crippen molar-refractivity contribution in [3.05, 3.63) is 47.4 Å². The number of hydrogen-bond donors (Lipinski definition) is 2. The van der Waals surface area contributed by atoms with Crippen LogP contribution in [0.15, 0.2) is 36.2 Å². The van der Waals surface area contributed by atoms with Crippen molar-refractivity contribution in [1.82, 2.24) is 5.32 Å². The number of aliphatic hydroxyl groups excluding tert-OH is 1. The first kappa shape index (κ1) is 21.5. The van der Waals surface area contributed by atoms with Crippen molar-refractivity contribution in [3.63, 3.8) is 0 Å². The molecular formula is C21H26N2O5. The molecule has 1 heterocycles. The highest BCUT2D eigenvalue weighted by atomic mass is 16.5. The zero-order valence-electron chi connectivity index (χ0n) is 16.6. The average Bonchev–Trinajstić information content (AvgIpc) is 2.64.